The molecule has 6 nitrogen and oxygen atoms in total. The Morgan fingerprint density at radius 1 is 1.45 bits per heavy atom. The van der Waals surface area contributed by atoms with Gasteiger partial charge in [-0.05, 0) is 13.3 Å². The molecule has 0 spiro atoms. The molecule has 0 unspecified atom stereocenters. The maximum atomic E-state index is 12.0. The number of aryl methyl sites for hydroxylation is 2. The molecular formula is C13H18ClN5O. The fraction of sp³-hybridized carbons (Fsp3) is 0.462. The second-order valence-corrected chi connectivity index (χ2v) is 5.01. The topological polar surface area (TPSA) is 75.6 Å². The Morgan fingerprint density at radius 3 is 2.90 bits per heavy atom. The van der Waals surface area contributed by atoms with Crippen molar-refractivity contribution in [1.82, 2.24) is 20.0 Å². The lowest BCUT2D eigenvalue weighted by Crippen LogP contribution is -2.24. The molecule has 2 aromatic heterocycles. The summed E-state index contributed by atoms with van der Waals surface area (Å²) in [5, 5.41) is 14.2. The van der Waals surface area contributed by atoms with Crippen molar-refractivity contribution in [2.75, 3.05) is 5.32 Å². The van der Waals surface area contributed by atoms with E-state index < -0.39 is 0 Å². The standard InChI is InChI=1S/C13H18ClN5O/c1-3-4-5-19-13(20)12(14)11(8-17-19)15-6-10-7-16-18-9(10)2/h7-8,15H,3-6H2,1-2H3,(H,16,18). The van der Waals surface area contributed by atoms with Crippen LogP contribution >= 0.6 is 11.6 Å². The summed E-state index contributed by atoms with van der Waals surface area (Å²) in [6, 6.07) is 0. The van der Waals surface area contributed by atoms with Gasteiger partial charge in [0.15, 0.2) is 0 Å². The zero-order chi connectivity index (χ0) is 14.5. The second kappa shape index (κ2) is 6.56. The highest BCUT2D eigenvalue weighted by molar-refractivity contribution is 6.32. The summed E-state index contributed by atoms with van der Waals surface area (Å²) < 4.78 is 1.40. The van der Waals surface area contributed by atoms with Crippen molar-refractivity contribution >= 4 is 17.3 Å². The Bertz CT molecular complexity index is 634. The van der Waals surface area contributed by atoms with Gasteiger partial charge in [-0.25, -0.2) is 4.68 Å². The first kappa shape index (κ1) is 14.6. The summed E-state index contributed by atoms with van der Waals surface area (Å²) in [5.74, 6) is 0. The quantitative estimate of drug-likeness (QED) is 0.857. The first-order chi connectivity index (χ1) is 9.63. The molecule has 2 rings (SSSR count). The number of unbranched alkanes of at least 4 members (excludes halogenated alkanes) is 1. The van der Waals surface area contributed by atoms with Crippen LogP contribution < -0.4 is 10.9 Å². The molecule has 0 fully saturated rings. The largest absolute Gasteiger partial charge is 0.378 e. The molecule has 0 amide bonds. The predicted octanol–water partition coefficient (Wildman–Crippen LogP) is 2.34. The Labute approximate surface area is 122 Å². The smallest absolute Gasteiger partial charge is 0.287 e. The van der Waals surface area contributed by atoms with Gasteiger partial charge in [-0.15, -0.1) is 0 Å². The lowest BCUT2D eigenvalue weighted by molar-refractivity contribution is 0.543. The van der Waals surface area contributed by atoms with Crippen LogP contribution in [0.4, 0.5) is 5.69 Å². The first-order valence-corrected chi connectivity index (χ1v) is 6.99. The minimum Gasteiger partial charge on any atom is -0.378 e. The summed E-state index contributed by atoms with van der Waals surface area (Å²) in [6.07, 6.45) is 5.25. The maximum absolute atomic E-state index is 12.0. The molecule has 0 aromatic carbocycles. The third-order valence-corrected chi connectivity index (χ3v) is 3.48. The second-order valence-electron chi connectivity index (χ2n) is 4.63. The average Bonchev–Trinajstić information content (AvgIpc) is 2.85. The molecular weight excluding hydrogens is 278 g/mol. The van der Waals surface area contributed by atoms with Crippen molar-refractivity contribution in [3.8, 4) is 0 Å². The van der Waals surface area contributed by atoms with E-state index in [1.54, 1.807) is 12.4 Å². The minimum absolute atomic E-state index is 0.178. The zero-order valence-electron chi connectivity index (χ0n) is 11.6. The van der Waals surface area contributed by atoms with E-state index in [4.69, 9.17) is 11.6 Å². The van der Waals surface area contributed by atoms with Gasteiger partial charge in [-0.3, -0.25) is 9.89 Å². The molecule has 0 saturated heterocycles. The number of hydrogen-bond donors (Lipinski definition) is 2. The van der Waals surface area contributed by atoms with Gasteiger partial charge >= 0.3 is 0 Å². The highest BCUT2D eigenvalue weighted by atomic mass is 35.5. The zero-order valence-corrected chi connectivity index (χ0v) is 12.4. The van der Waals surface area contributed by atoms with Crippen molar-refractivity contribution in [3.05, 3.63) is 39.0 Å². The number of hydrogen-bond acceptors (Lipinski definition) is 4. The number of H-pyrrole nitrogens is 1. The molecule has 0 radical (unpaired) electrons. The first-order valence-electron chi connectivity index (χ1n) is 6.61. The Kier molecular flexibility index (Phi) is 4.79. The van der Waals surface area contributed by atoms with Crippen molar-refractivity contribution in [2.24, 2.45) is 0 Å². The summed E-state index contributed by atoms with van der Waals surface area (Å²) in [7, 11) is 0. The van der Waals surface area contributed by atoms with E-state index in [-0.39, 0.29) is 10.6 Å². The van der Waals surface area contributed by atoms with Crippen LogP contribution in [0.1, 0.15) is 31.0 Å². The van der Waals surface area contributed by atoms with Gasteiger partial charge in [0.2, 0.25) is 0 Å². The van der Waals surface area contributed by atoms with Crippen LogP contribution in [0.3, 0.4) is 0 Å². The third-order valence-electron chi connectivity index (χ3n) is 3.11. The van der Waals surface area contributed by atoms with Crippen molar-refractivity contribution < 1.29 is 0 Å². The van der Waals surface area contributed by atoms with Crippen LogP contribution in [0, 0.1) is 6.92 Å². The number of halogens is 1. The lowest BCUT2D eigenvalue weighted by atomic mass is 10.2. The van der Waals surface area contributed by atoms with Crippen LogP contribution in [0.15, 0.2) is 17.2 Å². The van der Waals surface area contributed by atoms with Gasteiger partial charge in [-0.2, -0.15) is 10.2 Å². The maximum Gasteiger partial charge on any atom is 0.287 e. The highest BCUT2D eigenvalue weighted by Crippen LogP contribution is 2.17. The van der Waals surface area contributed by atoms with E-state index in [1.807, 2.05) is 6.92 Å². The molecule has 0 aliphatic carbocycles. The van der Waals surface area contributed by atoms with E-state index in [2.05, 4.69) is 27.5 Å². The van der Waals surface area contributed by atoms with E-state index >= 15 is 0 Å². The molecule has 0 atom stereocenters. The Balaban J connectivity index is 2.11. The summed E-state index contributed by atoms with van der Waals surface area (Å²) in [4.78, 5) is 12.0. The van der Waals surface area contributed by atoms with Crippen LogP contribution in [0.25, 0.3) is 0 Å². The summed E-state index contributed by atoms with van der Waals surface area (Å²) >= 11 is 6.10. The molecule has 20 heavy (non-hydrogen) atoms. The minimum atomic E-state index is -0.256. The van der Waals surface area contributed by atoms with E-state index in [0.29, 0.717) is 18.8 Å². The number of aromatic amines is 1. The number of aromatic nitrogens is 4. The summed E-state index contributed by atoms with van der Waals surface area (Å²) in [6.45, 7) is 5.14. The van der Waals surface area contributed by atoms with Crippen LogP contribution in [0.2, 0.25) is 5.02 Å². The average molecular weight is 296 g/mol. The van der Waals surface area contributed by atoms with Gasteiger partial charge in [0, 0.05) is 24.3 Å². The molecule has 2 heterocycles. The van der Waals surface area contributed by atoms with Gasteiger partial charge in [0.25, 0.3) is 5.56 Å². The molecule has 108 valence electrons. The molecule has 2 N–H and O–H groups in total. The predicted molar refractivity (Wildman–Crippen MR) is 79.1 cm³/mol. The molecule has 2 aromatic rings. The van der Waals surface area contributed by atoms with Crippen LogP contribution in [-0.4, -0.2) is 20.0 Å². The fourth-order valence-corrected chi connectivity index (χ4v) is 2.01. The summed E-state index contributed by atoms with van der Waals surface area (Å²) in [5.41, 5.74) is 2.30. The lowest BCUT2D eigenvalue weighted by Gasteiger charge is -2.09. The van der Waals surface area contributed by atoms with E-state index in [0.717, 1.165) is 24.1 Å². The molecule has 0 aliphatic rings. The van der Waals surface area contributed by atoms with Gasteiger partial charge < -0.3 is 5.32 Å². The van der Waals surface area contributed by atoms with Crippen molar-refractivity contribution in [1.29, 1.82) is 0 Å². The Morgan fingerprint density at radius 2 is 2.25 bits per heavy atom. The van der Waals surface area contributed by atoms with Gasteiger partial charge in [-0.1, -0.05) is 24.9 Å². The third kappa shape index (κ3) is 3.19. The van der Waals surface area contributed by atoms with Gasteiger partial charge in [0.1, 0.15) is 5.02 Å². The molecule has 0 aliphatic heterocycles. The van der Waals surface area contributed by atoms with Crippen LogP contribution in [0.5, 0.6) is 0 Å². The van der Waals surface area contributed by atoms with E-state index in [9.17, 15) is 4.79 Å². The molecule has 0 saturated carbocycles. The normalized spacial score (nSPS) is 10.8. The number of anilines is 1. The van der Waals surface area contributed by atoms with Crippen molar-refractivity contribution in [2.45, 2.75) is 39.8 Å². The van der Waals surface area contributed by atoms with E-state index in [1.165, 1.54) is 4.68 Å². The number of nitrogens with one attached hydrogen (secondary N) is 2. The SMILES string of the molecule is CCCCn1ncc(NCc2cn[nH]c2C)c(Cl)c1=O. The monoisotopic (exact) mass is 295 g/mol. The number of nitrogens with zero attached hydrogens (tertiary/aromatic N) is 3. The Hall–Kier alpha value is -1.82. The van der Waals surface area contributed by atoms with Crippen LogP contribution in [-0.2, 0) is 13.1 Å². The van der Waals surface area contributed by atoms with Crippen molar-refractivity contribution in [3.63, 3.8) is 0 Å². The number of rotatable bonds is 6. The highest BCUT2D eigenvalue weighted by Gasteiger charge is 2.09. The van der Waals surface area contributed by atoms with Gasteiger partial charge in [0.05, 0.1) is 18.1 Å². The molecule has 0 bridgehead atoms. The fourth-order valence-electron chi connectivity index (χ4n) is 1.80. The molecule has 7 heteroatoms.